The minimum absolute atomic E-state index is 0.0437. The Morgan fingerprint density at radius 1 is 1.03 bits per heavy atom. The highest BCUT2D eigenvalue weighted by Crippen LogP contribution is 2.29. The lowest BCUT2D eigenvalue weighted by Crippen LogP contribution is -2.29. The molecule has 1 saturated heterocycles. The molecule has 3 aromatic heterocycles. The second-order valence-electron chi connectivity index (χ2n) is 8.65. The Hall–Kier alpha value is -3.58. The Kier molecular flexibility index (Phi) is 4.73. The number of hydrogen-bond acceptors (Lipinski definition) is 5. The lowest BCUT2D eigenvalue weighted by Gasteiger charge is -2.14. The molecule has 6 rings (SSSR count). The van der Waals surface area contributed by atoms with Gasteiger partial charge in [0.15, 0.2) is 11.3 Å². The summed E-state index contributed by atoms with van der Waals surface area (Å²) in [5.74, 6) is 0.670. The highest BCUT2D eigenvalue weighted by atomic mass is 16.5. The van der Waals surface area contributed by atoms with Gasteiger partial charge in [0.2, 0.25) is 0 Å². The van der Waals surface area contributed by atoms with E-state index in [1.165, 1.54) is 5.56 Å². The van der Waals surface area contributed by atoms with Gasteiger partial charge >= 0.3 is 0 Å². The van der Waals surface area contributed by atoms with Crippen molar-refractivity contribution in [2.75, 3.05) is 6.61 Å². The first kappa shape index (κ1) is 20.1. The molecule has 166 valence electrons. The van der Waals surface area contributed by atoms with Crippen molar-refractivity contribution in [2.24, 2.45) is 0 Å². The largest absolute Gasteiger partial charge is 0.376 e. The molecule has 1 unspecified atom stereocenters. The zero-order chi connectivity index (χ0) is 22.5. The number of benzene rings is 2. The highest BCUT2D eigenvalue weighted by molar-refractivity contribution is 6.05. The Morgan fingerprint density at radius 3 is 2.61 bits per heavy atom. The molecule has 0 aliphatic carbocycles. The topological polar surface area (TPSA) is 74.8 Å². The van der Waals surface area contributed by atoms with Crippen LogP contribution in [0.1, 0.15) is 31.2 Å². The van der Waals surface area contributed by atoms with Gasteiger partial charge in [-0.1, -0.05) is 31.2 Å². The van der Waals surface area contributed by atoms with E-state index in [0.29, 0.717) is 34.6 Å². The number of hydrogen-bond donors (Lipinski definition) is 0. The second kappa shape index (κ2) is 7.78. The molecule has 33 heavy (non-hydrogen) atoms. The van der Waals surface area contributed by atoms with Gasteiger partial charge in [-0.3, -0.25) is 13.9 Å². The zero-order valence-corrected chi connectivity index (χ0v) is 18.8. The molecule has 0 N–H and O–H groups in total. The van der Waals surface area contributed by atoms with Crippen molar-refractivity contribution in [3.05, 3.63) is 70.3 Å². The molecule has 1 fully saturated rings. The maximum absolute atomic E-state index is 13.8. The van der Waals surface area contributed by atoms with Gasteiger partial charge in [0, 0.05) is 12.3 Å². The van der Waals surface area contributed by atoms with Crippen LogP contribution >= 0.6 is 0 Å². The van der Waals surface area contributed by atoms with Crippen LogP contribution in [0.4, 0.5) is 0 Å². The molecule has 0 saturated carbocycles. The first-order valence-electron chi connectivity index (χ1n) is 11.5. The summed E-state index contributed by atoms with van der Waals surface area (Å²) in [4.78, 5) is 28.6. The van der Waals surface area contributed by atoms with E-state index >= 15 is 0 Å². The summed E-state index contributed by atoms with van der Waals surface area (Å²) < 4.78 is 9.52. The van der Waals surface area contributed by atoms with E-state index in [1.54, 1.807) is 4.57 Å². The van der Waals surface area contributed by atoms with Crippen molar-refractivity contribution in [2.45, 2.75) is 45.8 Å². The molecule has 1 aliphatic rings. The normalized spacial score (nSPS) is 16.4. The minimum Gasteiger partial charge on any atom is -0.376 e. The number of ether oxygens (including phenoxy) is 1. The van der Waals surface area contributed by atoms with Crippen molar-refractivity contribution >= 4 is 33.2 Å². The molecule has 7 nitrogen and oxygen atoms in total. The third-order valence-corrected chi connectivity index (χ3v) is 6.54. The van der Waals surface area contributed by atoms with Crippen molar-refractivity contribution in [1.82, 2.24) is 24.1 Å². The summed E-state index contributed by atoms with van der Waals surface area (Å²) in [6.45, 7) is 5.27. The maximum atomic E-state index is 13.8. The smallest absolute Gasteiger partial charge is 0.265 e. The van der Waals surface area contributed by atoms with Crippen LogP contribution in [0.15, 0.2) is 53.3 Å². The van der Waals surface area contributed by atoms with Gasteiger partial charge in [-0.25, -0.2) is 15.0 Å². The van der Waals surface area contributed by atoms with E-state index in [9.17, 15) is 4.79 Å². The van der Waals surface area contributed by atoms with Gasteiger partial charge in [-0.2, -0.15) is 0 Å². The fourth-order valence-corrected chi connectivity index (χ4v) is 4.80. The van der Waals surface area contributed by atoms with Crippen LogP contribution in [-0.2, 0) is 17.7 Å². The van der Waals surface area contributed by atoms with Gasteiger partial charge in [0.25, 0.3) is 5.56 Å². The van der Waals surface area contributed by atoms with Gasteiger partial charge in [0.1, 0.15) is 16.7 Å². The van der Waals surface area contributed by atoms with E-state index in [4.69, 9.17) is 19.7 Å². The lowest BCUT2D eigenvalue weighted by molar-refractivity contribution is 0.0955. The van der Waals surface area contributed by atoms with Crippen molar-refractivity contribution in [3.63, 3.8) is 0 Å². The first-order valence-corrected chi connectivity index (χ1v) is 11.5. The molecule has 4 heterocycles. The molecule has 7 heteroatoms. The van der Waals surface area contributed by atoms with E-state index in [1.807, 2.05) is 47.9 Å². The molecule has 1 atom stereocenters. The van der Waals surface area contributed by atoms with E-state index < -0.39 is 0 Å². The molecule has 0 spiro atoms. The van der Waals surface area contributed by atoms with Crippen LogP contribution in [0.5, 0.6) is 0 Å². The number of aromatic nitrogens is 5. The molecular formula is C26H25N5O2. The monoisotopic (exact) mass is 439 g/mol. The Bertz CT molecular complexity index is 1580. The van der Waals surface area contributed by atoms with Crippen LogP contribution in [0.2, 0.25) is 0 Å². The van der Waals surface area contributed by atoms with Crippen molar-refractivity contribution in [1.29, 1.82) is 0 Å². The Labute approximate surface area is 190 Å². The summed E-state index contributed by atoms with van der Waals surface area (Å²) >= 11 is 0. The highest BCUT2D eigenvalue weighted by Gasteiger charge is 2.24. The molecular weight excluding hydrogens is 414 g/mol. The minimum atomic E-state index is -0.0898. The number of rotatable bonds is 4. The number of para-hydroxylation sites is 2. The van der Waals surface area contributed by atoms with Gasteiger partial charge in [-0.15, -0.1) is 0 Å². The van der Waals surface area contributed by atoms with E-state index in [-0.39, 0.29) is 11.7 Å². The third-order valence-electron chi connectivity index (χ3n) is 6.54. The van der Waals surface area contributed by atoms with E-state index in [0.717, 1.165) is 42.6 Å². The average molecular weight is 440 g/mol. The van der Waals surface area contributed by atoms with Gasteiger partial charge in [-0.05, 0) is 56.0 Å². The number of nitrogens with zero attached hydrogens (tertiary/aromatic N) is 5. The fraction of sp³-hybridized carbons (Fsp3) is 0.308. The molecule has 2 aromatic carbocycles. The van der Waals surface area contributed by atoms with Crippen molar-refractivity contribution in [3.8, 4) is 5.69 Å². The predicted molar refractivity (Wildman–Crippen MR) is 129 cm³/mol. The van der Waals surface area contributed by atoms with Gasteiger partial charge < -0.3 is 4.74 Å². The Balaban J connectivity index is 1.71. The van der Waals surface area contributed by atoms with E-state index in [2.05, 4.69) is 19.1 Å². The SMILES string of the molecule is CCc1cccc(-n2c3nc4ccccc4nc3c3c(=O)n(CC4CCCO4)c(C)nc32)c1. The number of aryl methyl sites for hydroxylation is 2. The lowest BCUT2D eigenvalue weighted by atomic mass is 10.1. The Morgan fingerprint density at radius 2 is 1.85 bits per heavy atom. The van der Waals surface area contributed by atoms with Gasteiger partial charge in [0.05, 0.1) is 23.7 Å². The molecule has 0 radical (unpaired) electrons. The van der Waals surface area contributed by atoms with Crippen LogP contribution in [0.3, 0.4) is 0 Å². The first-order chi connectivity index (χ1) is 16.1. The molecule has 0 bridgehead atoms. The molecule has 1 aliphatic heterocycles. The van der Waals surface area contributed by atoms with Crippen LogP contribution in [0.25, 0.3) is 38.9 Å². The fourth-order valence-electron chi connectivity index (χ4n) is 4.80. The predicted octanol–water partition coefficient (Wildman–Crippen LogP) is 4.33. The molecule has 5 aromatic rings. The summed E-state index contributed by atoms with van der Waals surface area (Å²) in [7, 11) is 0. The second-order valence-corrected chi connectivity index (χ2v) is 8.65. The standard InChI is InChI=1S/C26H25N5O2/c1-3-17-8-6-9-18(14-17)31-24-22(23-25(31)29-21-12-5-4-11-20(21)28-23)26(32)30(16(2)27-24)15-19-10-7-13-33-19/h4-6,8-9,11-12,14,19H,3,7,10,13,15H2,1-2H3. The quantitative estimate of drug-likeness (QED) is 0.417. The van der Waals surface area contributed by atoms with Crippen LogP contribution in [0, 0.1) is 6.92 Å². The number of fused-ring (bicyclic) bond motifs is 4. The summed E-state index contributed by atoms with van der Waals surface area (Å²) in [5, 5.41) is 0.508. The summed E-state index contributed by atoms with van der Waals surface area (Å²) in [6, 6.07) is 16.1. The van der Waals surface area contributed by atoms with Crippen LogP contribution < -0.4 is 5.56 Å². The molecule has 0 amide bonds. The average Bonchev–Trinajstić information content (AvgIpc) is 3.46. The van der Waals surface area contributed by atoms with Crippen molar-refractivity contribution < 1.29 is 4.74 Å². The van der Waals surface area contributed by atoms with Crippen LogP contribution in [-0.4, -0.2) is 36.8 Å². The third kappa shape index (κ3) is 3.23. The zero-order valence-electron chi connectivity index (χ0n) is 18.8. The summed E-state index contributed by atoms with van der Waals surface area (Å²) in [5.41, 5.74) is 5.43. The maximum Gasteiger partial charge on any atom is 0.265 e. The summed E-state index contributed by atoms with van der Waals surface area (Å²) in [6.07, 6.45) is 2.95.